The summed E-state index contributed by atoms with van der Waals surface area (Å²) in [5.74, 6) is 1.21. The third-order valence-electron chi connectivity index (χ3n) is 2.39. The molecule has 0 spiro atoms. The van der Waals surface area contributed by atoms with E-state index in [1.165, 1.54) is 0 Å². The minimum atomic E-state index is -0.459. The van der Waals surface area contributed by atoms with Crippen LogP contribution in [0.15, 0.2) is 0 Å². The fraction of sp³-hybridized carbons (Fsp3) is 0.700. The molecule has 0 amide bonds. The van der Waals surface area contributed by atoms with E-state index in [0.29, 0.717) is 18.3 Å². The first-order valence-electron chi connectivity index (χ1n) is 5.09. The van der Waals surface area contributed by atoms with Crippen molar-refractivity contribution < 1.29 is 4.74 Å². The van der Waals surface area contributed by atoms with Gasteiger partial charge in [0.2, 0.25) is 0 Å². The van der Waals surface area contributed by atoms with Crippen LogP contribution in [0.3, 0.4) is 0 Å². The van der Waals surface area contributed by atoms with Crippen LogP contribution in [0.25, 0.3) is 0 Å². The molecule has 1 heterocycles. The van der Waals surface area contributed by atoms with Gasteiger partial charge in [0.15, 0.2) is 5.82 Å². The van der Waals surface area contributed by atoms with E-state index in [9.17, 15) is 0 Å². The fourth-order valence-electron chi connectivity index (χ4n) is 1.33. The van der Waals surface area contributed by atoms with Gasteiger partial charge in [-0.1, -0.05) is 6.92 Å². The van der Waals surface area contributed by atoms with E-state index in [-0.39, 0.29) is 6.42 Å². The lowest BCUT2D eigenvalue weighted by atomic mass is 10.0. The lowest BCUT2D eigenvalue weighted by molar-refractivity contribution is -0.0388. The van der Waals surface area contributed by atoms with Crippen LogP contribution in [-0.4, -0.2) is 21.8 Å². The number of aromatic amines is 1. The zero-order valence-electron chi connectivity index (χ0n) is 9.37. The summed E-state index contributed by atoms with van der Waals surface area (Å²) in [5, 5.41) is 15.3. The number of nitrogens with one attached hydrogen (secondary N) is 1. The Hall–Kier alpha value is -1.41. The lowest BCUT2D eigenvalue weighted by Gasteiger charge is -2.24. The van der Waals surface area contributed by atoms with Crippen LogP contribution in [-0.2, 0) is 16.8 Å². The molecule has 0 aliphatic heterocycles. The minimum Gasteiger partial charge on any atom is -0.368 e. The van der Waals surface area contributed by atoms with Crippen molar-refractivity contribution in [1.82, 2.24) is 15.2 Å². The quantitative estimate of drug-likeness (QED) is 0.796. The van der Waals surface area contributed by atoms with E-state index < -0.39 is 5.60 Å². The number of rotatable bonds is 5. The Balaban J connectivity index is 2.88. The Bertz CT molecular complexity index is 355. The largest absolute Gasteiger partial charge is 0.368 e. The number of aromatic nitrogens is 3. The number of ether oxygens (including phenoxy) is 1. The highest BCUT2D eigenvalue weighted by molar-refractivity contribution is 5.03. The summed E-state index contributed by atoms with van der Waals surface area (Å²) in [7, 11) is 0. The Morgan fingerprint density at radius 3 is 2.80 bits per heavy atom. The molecule has 0 aliphatic carbocycles. The molecule has 0 fully saturated rings. The summed E-state index contributed by atoms with van der Waals surface area (Å²) in [5.41, 5.74) is -0.459. The lowest BCUT2D eigenvalue weighted by Crippen LogP contribution is -2.26. The van der Waals surface area contributed by atoms with Crippen molar-refractivity contribution in [3.8, 4) is 6.07 Å². The molecule has 1 aromatic rings. The van der Waals surface area contributed by atoms with Crippen LogP contribution >= 0.6 is 0 Å². The van der Waals surface area contributed by atoms with Gasteiger partial charge in [-0.2, -0.15) is 10.4 Å². The number of H-pyrrole nitrogens is 1. The second-order valence-electron chi connectivity index (χ2n) is 3.46. The zero-order chi connectivity index (χ0) is 11.3. The van der Waals surface area contributed by atoms with Gasteiger partial charge in [0, 0.05) is 6.61 Å². The molecule has 5 nitrogen and oxygen atoms in total. The maximum absolute atomic E-state index is 8.52. The average Bonchev–Trinajstić information content (AvgIpc) is 2.68. The SMILES string of the molecule is CCOC(C)(CC)c1n[nH]c(CC#N)n1. The average molecular weight is 208 g/mol. The Labute approximate surface area is 89.5 Å². The van der Waals surface area contributed by atoms with E-state index >= 15 is 0 Å². The molecule has 15 heavy (non-hydrogen) atoms. The Morgan fingerprint density at radius 1 is 1.53 bits per heavy atom. The van der Waals surface area contributed by atoms with Crippen LogP contribution < -0.4 is 0 Å². The molecule has 0 radical (unpaired) electrons. The molecule has 1 unspecified atom stereocenters. The van der Waals surface area contributed by atoms with Crippen LogP contribution in [0.4, 0.5) is 0 Å². The van der Waals surface area contributed by atoms with Gasteiger partial charge in [-0.3, -0.25) is 5.10 Å². The molecule has 0 bridgehead atoms. The standard InChI is InChI=1S/C10H16N4O/c1-4-10(3,15-5-2)9-12-8(6-7-11)13-14-9/h4-6H2,1-3H3,(H,12,13,14). The van der Waals surface area contributed by atoms with E-state index in [4.69, 9.17) is 10.00 Å². The number of nitrogens with zero attached hydrogens (tertiary/aromatic N) is 3. The Morgan fingerprint density at radius 2 is 2.27 bits per heavy atom. The molecule has 0 aliphatic rings. The van der Waals surface area contributed by atoms with E-state index in [1.54, 1.807) is 0 Å². The van der Waals surface area contributed by atoms with Crippen LogP contribution in [0, 0.1) is 11.3 Å². The smallest absolute Gasteiger partial charge is 0.182 e. The maximum atomic E-state index is 8.52. The van der Waals surface area contributed by atoms with Gasteiger partial charge in [0.25, 0.3) is 0 Å². The predicted molar refractivity (Wildman–Crippen MR) is 55.0 cm³/mol. The van der Waals surface area contributed by atoms with Crippen LogP contribution in [0.1, 0.15) is 38.8 Å². The molecule has 1 rings (SSSR count). The highest BCUT2D eigenvalue weighted by Gasteiger charge is 2.29. The highest BCUT2D eigenvalue weighted by Crippen LogP contribution is 2.25. The van der Waals surface area contributed by atoms with Gasteiger partial charge in [-0.05, 0) is 20.3 Å². The monoisotopic (exact) mass is 208 g/mol. The topological polar surface area (TPSA) is 74.6 Å². The normalized spacial score (nSPS) is 14.5. The molecule has 0 saturated carbocycles. The molecule has 5 heteroatoms. The van der Waals surface area contributed by atoms with E-state index in [0.717, 1.165) is 6.42 Å². The third-order valence-corrected chi connectivity index (χ3v) is 2.39. The summed E-state index contributed by atoms with van der Waals surface area (Å²) in [6.07, 6.45) is 1.05. The minimum absolute atomic E-state index is 0.249. The Kier molecular flexibility index (Phi) is 3.81. The third kappa shape index (κ3) is 2.54. The summed E-state index contributed by atoms with van der Waals surface area (Å²) < 4.78 is 5.63. The molecule has 1 N–H and O–H groups in total. The van der Waals surface area contributed by atoms with Gasteiger partial charge in [-0.15, -0.1) is 0 Å². The molecule has 1 aromatic heterocycles. The van der Waals surface area contributed by atoms with Crippen LogP contribution in [0.2, 0.25) is 0 Å². The van der Waals surface area contributed by atoms with Crippen molar-refractivity contribution in [3.63, 3.8) is 0 Å². The number of nitriles is 1. The second-order valence-corrected chi connectivity index (χ2v) is 3.46. The molecular weight excluding hydrogens is 192 g/mol. The van der Waals surface area contributed by atoms with Crippen LogP contribution in [0.5, 0.6) is 0 Å². The van der Waals surface area contributed by atoms with Gasteiger partial charge < -0.3 is 4.74 Å². The van der Waals surface area contributed by atoms with Crippen molar-refractivity contribution in [1.29, 1.82) is 5.26 Å². The molecular formula is C10H16N4O. The van der Waals surface area contributed by atoms with Gasteiger partial charge in [-0.25, -0.2) is 4.98 Å². The maximum Gasteiger partial charge on any atom is 0.182 e. The van der Waals surface area contributed by atoms with Gasteiger partial charge in [0.05, 0.1) is 12.5 Å². The zero-order valence-corrected chi connectivity index (χ0v) is 9.37. The first-order chi connectivity index (χ1) is 7.16. The summed E-state index contributed by atoms with van der Waals surface area (Å²) in [6.45, 7) is 6.54. The molecule has 82 valence electrons. The van der Waals surface area contributed by atoms with Crippen molar-refractivity contribution >= 4 is 0 Å². The molecule has 1 atom stereocenters. The highest BCUT2D eigenvalue weighted by atomic mass is 16.5. The number of hydrogen-bond donors (Lipinski definition) is 1. The summed E-state index contributed by atoms with van der Waals surface area (Å²) in [6, 6.07) is 2.02. The number of hydrogen-bond acceptors (Lipinski definition) is 4. The second kappa shape index (κ2) is 4.89. The van der Waals surface area contributed by atoms with Crippen molar-refractivity contribution in [2.45, 2.75) is 39.2 Å². The van der Waals surface area contributed by atoms with E-state index in [1.807, 2.05) is 26.8 Å². The first-order valence-corrected chi connectivity index (χ1v) is 5.09. The summed E-state index contributed by atoms with van der Waals surface area (Å²) in [4.78, 5) is 4.25. The first kappa shape index (κ1) is 11.7. The predicted octanol–water partition coefficient (Wildman–Crippen LogP) is 1.53. The van der Waals surface area contributed by atoms with Crippen molar-refractivity contribution in [2.75, 3.05) is 6.61 Å². The summed E-state index contributed by atoms with van der Waals surface area (Å²) >= 11 is 0. The van der Waals surface area contributed by atoms with Crippen molar-refractivity contribution in [2.24, 2.45) is 0 Å². The van der Waals surface area contributed by atoms with Gasteiger partial charge >= 0.3 is 0 Å². The van der Waals surface area contributed by atoms with E-state index in [2.05, 4.69) is 15.2 Å². The fourth-order valence-corrected chi connectivity index (χ4v) is 1.33. The van der Waals surface area contributed by atoms with Gasteiger partial charge in [0.1, 0.15) is 11.4 Å². The molecule has 0 aromatic carbocycles. The molecule has 0 saturated heterocycles. The van der Waals surface area contributed by atoms with Crippen molar-refractivity contribution in [3.05, 3.63) is 11.6 Å².